The highest BCUT2D eigenvalue weighted by molar-refractivity contribution is 7.08. The first-order valence-corrected chi connectivity index (χ1v) is 9.86. The van der Waals surface area contributed by atoms with Crippen molar-refractivity contribution in [2.45, 2.75) is 39.0 Å². The van der Waals surface area contributed by atoms with Crippen LogP contribution in [0.1, 0.15) is 34.7 Å². The highest BCUT2D eigenvalue weighted by atomic mass is 32.1. The summed E-state index contributed by atoms with van der Waals surface area (Å²) >= 11 is 3.58. The Balaban J connectivity index is 1.64. The van der Waals surface area contributed by atoms with Gasteiger partial charge in [0.25, 0.3) is 0 Å². The van der Waals surface area contributed by atoms with Crippen LogP contribution in [-0.4, -0.2) is 0 Å². The molecule has 0 unspecified atom stereocenters. The molecule has 2 heteroatoms. The van der Waals surface area contributed by atoms with Crippen LogP contribution in [0, 0.1) is 0 Å². The fraction of sp³-hybridized carbons (Fsp3) is 0.300. The van der Waals surface area contributed by atoms with Gasteiger partial charge >= 0.3 is 0 Å². The van der Waals surface area contributed by atoms with Gasteiger partial charge in [-0.05, 0) is 93.6 Å². The molecular formula is C20H22S2. The summed E-state index contributed by atoms with van der Waals surface area (Å²) in [5.41, 5.74) is 7.45. The lowest BCUT2D eigenvalue weighted by Crippen LogP contribution is -1.98. The lowest BCUT2D eigenvalue weighted by Gasteiger charge is -2.10. The molecule has 0 aliphatic heterocycles. The molecule has 0 nitrogen and oxygen atoms in total. The van der Waals surface area contributed by atoms with Crippen molar-refractivity contribution in [3.63, 3.8) is 0 Å². The van der Waals surface area contributed by atoms with E-state index in [1.165, 1.54) is 27.8 Å². The summed E-state index contributed by atoms with van der Waals surface area (Å²) in [4.78, 5) is 0. The Kier molecular flexibility index (Phi) is 5.47. The molecule has 0 aliphatic carbocycles. The third-order valence-corrected chi connectivity index (χ3v) is 5.66. The molecule has 3 rings (SSSR count). The molecule has 0 saturated carbocycles. The lowest BCUT2D eigenvalue weighted by atomic mass is 9.95. The predicted octanol–water partition coefficient (Wildman–Crippen LogP) is 5.94. The highest BCUT2D eigenvalue weighted by Crippen LogP contribution is 2.18. The Morgan fingerprint density at radius 2 is 1.32 bits per heavy atom. The first kappa shape index (κ1) is 15.5. The topological polar surface area (TPSA) is 0 Å². The zero-order chi connectivity index (χ0) is 15.2. The van der Waals surface area contributed by atoms with Gasteiger partial charge in [-0.1, -0.05) is 25.1 Å². The van der Waals surface area contributed by atoms with Gasteiger partial charge in [-0.3, -0.25) is 0 Å². The molecule has 0 spiro atoms. The van der Waals surface area contributed by atoms with Crippen LogP contribution < -0.4 is 0 Å². The molecule has 0 atom stereocenters. The number of hydrogen-bond acceptors (Lipinski definition) is 2. The average molecular weight is 327 g/mol. The highest BCUT2D eigenvalue weighted by Gasteiger charge is 2.05. The van der Waals surface area contributed by atoms with Gasteiger partial charge in [-0.2, -0.15) is 22.7 Å². The van der Waals surface area contributed by atoms with Crippen LogP contribution in [0.3, 0.4) is 0 Å². The van der Waals surface area contributed by atoms with E-state index >= 15 is 0 Å². The smallest absolute Gasteiger partial charge is 0.00611 e. The Morgan fingerprint density at radius 1 is 0.682 bits per heavy atom. The van der Waals surface area contributed by atoms with Crippen molar-refractivity contribution in [2.75, 3.05) is 0 Å². The van der Waals surface area contributed by atoms with E-state index in [1.807, 2.05) is 0 Å². The molecule has 0 radical (unpaired) electrons. The largest absolute Gasteiger partial charge is 0.152 e. The van der Waals surface area contributed by atoms with Crippen LogP contribution in [0.25, 0.3) is 0 Å². The van der Waals surface area contributed by atoms with E-state index in [9.17, 15) is 0 Å². The van der Waals surface area contributed by atoms with Crippen molar-refractivity contribution in [2.24, 2.45) is 0 Å². The van der Waals surface area contributed by atoms with E-state index < -0.39 is 0 Å². The fourth-order valence-corrected chi connectivity index (χ4v) is 4.25. The van der Waals surface area contributed by atoms with Gasteiger partial charge in [0.15, 0.2) is 0 Å². The third kappa shape index (κ3) is 4.08. The monoisotopic (exact) mass is 326 g/mol. The Labute approximate surface area is 141 Å². The van der Waals surface area contributed by atoms with E-state index in [1.54, 1.807) is 22.7 Å². The molecule has 0 fully saturated rings. The zero-order valence-corrected chi connectivity index (χ0v) is 14.7. The maximum atomic E-state index is 2.43. The standard InChI is InChI=1S/C20H22S2/c1-2-19-13-16(3-4-17-9-11-21-14-17)5-7-20(19)8-6-18-10-12-22-15-18/h5,7,9-15H,2-4,6,8H2,1H3. The van der Waals surface area contributed by atoms with Crippen molar-refractivity contribution in [1.82, 2.24) is 0 Å². The maximum absolute atomic E-state index is 2.43. The maximum Gasteiger partial charge on any atom is -0.00611 e. The van der Waals surface area contributed by atoms with Crippen LogP contribution in [0.4, 0.5) is 0 Å². The quantitative estimate of drug-likeness (QED) is 0.504. The SMILES string of the molecule is CCc1cc(CCc2ccsc2)ccc1CCc1ccsc1. The van der Waals surface area contributed by atoms with Crippen molar-refractivity contribution < 1.29 is 0 Å². The summed E-state index contributed by atoms with van der Waals surface area (Å²) in [7, 11) is 0. The third-order valence-electron chi connectivity index (χ3n) is 4.20. The van der Waals surface area contributed by atoms with E-state index in [4.69, 9.17) is 0 Å². The van der Waals surface area contributed by atoms with Gasteiger partial charge in [0.05, 0.1) is 0 Å². The molecule has 0 saturated heterocycles. The summed E-state index contributed by atoms with van der Waals surface area (Å²) in [6.07, 6.45) is 5.75. The van der Waals surface area contributed by atoms with Gasteiger partial charge in [0.2, 0.25) is 0 Å². The summed E-state index contributed by atoms with van der Waals surface area (Å²) in [6, 6.07) is 11.6. The second-order valence-electron chi connectivity index (χ2n) is 5.72. The molecule has 0 N–H and O–H groups in total. The average Bonchev–Trinajstić information content (AvgIpc) is 3.24. The number of hydrogen-bond donors (Lipinski definition) is 0. The number of rotatable bonds is 7. The van der Waals surface area contributed by atoms with E-state index in [-0.39, 0.29) is 0 Å². The number of aryl methyl sites for hydroxylation is 5. The molecule has 2 aromatic heterocycles. The van der Waals surface area contributed by atoms with Crippen molar-refractivity contribution in [1.29, 1.82) is 0 Å². The first-order chi connectivity index (χ1) is 10.8. The van der Waals surface area contributed by atoms with E-state index in [0.717, 1.165) is 32.1 Å². The van der Waals surface area contributed by atoms with Crippen molar-refractivity contribution in [3.8, 4) is 0 Å². The molecule has 0 bridgehead atoms. The minimum atomic E-state index is 1.13. The molecule has 0 aliphatic rings. The Bertz CT molecular complexity index is 679. The summed E-state index contributed by atoms with van der Waals surface area (Å²) in [5, 5.41) is 8.86. The summed E-state index contributed by atoms with van der Waals surface area (Å²) < 4.78 is 0. The molecule has 2 heterocycles. The molecule has 22 heavy (non-hydrogen) atoms. The number of benzene rings is 1. The second kappa shape index (κ2) is 7.75. The molecule has 3 aromatic rings. The lowest BCUT2D eigenvalue weighted by molar-refractivity contribution is 0.916. The van der Waals surface area contributed by atoms with E-state index in [0.29, 0.717) is 0 Å². The Morgan fingerprint density at radius 3 is 1.91 bits per heavy atom. The van der Waals surface area contributed by atoms with Crippen molar-refractivity contribution >= 4 is 22.7 Å². The Hall–Kier alpha value is -1.38. The second-order valence-corrected chi connectivity index (χ2v) is 7.28. The fourth-order valence-electron chi connectivity index (χ4n) is 2.85. The van der Waals surface area contributed by atoms with Crippen molar-refractivity contribution in [3.05, 3.63) is 79.7 Å². The number of thiophene rings is 2. The van der Waals surface area contributed by atoms with Gasteiger partial charge in [0, 0.05) is 0 Å². The molecule has 0 amide bonds. The molecule has 114 valence electrons. The van der Waals surface area contributed by atoms with Crippen LogP contribution in [0.15, 0.2) is 51.9 Å². The minimum absolute atomic E-state index is 1.13. The van der Waals surface area contributed by atoms with Gasteiger partial charge in [0.1, 0.15) is 0 Å². The van der Waals surface area contributed by atoms with Gasteiger partial charge < -0.3 is 0 Å². The van der Waals surface area contributed by atoms with Crippen LogP contribution in [-0.2, 0) is 32.1 Å². The molecular weight excluding hydrogens is 304 g/mol. The normalized spacial score (nSPS) is 11.0. The predicted molar refractivity (Wildman–Crippen MR) is 99.3 cm³/mol. The van der Waals surface area contributed by atoms with Gasteiger partial charge in [-0.25, -0.2) is 0 Å². The summed E-state index contributed by atoms with van der Waals surface area (Å²) in [6.45, 7) is 2.27. The zero-order valence-electron chi connectivity index (χ0n) is 13.0. The minimum Gasteiger partial charge on any atom is -0.152 e. The van der Waals surface area contributed by atoms with E-state index in [2.05, 4.69) is 58.8 Å². The van der Waals surface area contributed by atoms with Crippen LogP contribution >= 0.6 is 22.7 Å². The summed E-state index contributed by atoms with van der Waals surface area (Å²) in [5.74, 6) is 0. The van der Waals surface area contributed by atoms with Crippen LogP contribution in [0.2, 0.25) is 0 Å². The van der Waals surface area contributed by atoms with Gasteiger partial charge in [-0.15, -0.1) is 0 Å². The van der Waals surface area contributed by atoms with Crippen LogP contribution in [0.5, 0.6) is 0 Å². The molecule has 1 aromatic carbocycles. The first-order valence-electron chi connectivity index (χ1n) is 7.98.